The zero-order valence-corrected chi connectivity index (χ0v) is 17.4. The highest BCUT2D eigenvalue weighted by Crippen LogP contribution is 2.35. The van der Waals surface area contributed by atoms with E-state index in [-0.39, 0.29) is 11.5 Å². The first kappa shape index (κ1) is 18.4. The van der Waals surface area contributed by atoms with Gasteiger partial charge < -0.3 is 0 Å². The van der Waals surface area contributed by atoms with Crippen molar-refractivity contribution in [1.29, 1.82) is 0 Å². The van der Waals surface area contributed by atoms with E-state index in [4.69, 9.17) is 4.98 Å². The molecule has 0 saturated carbocycles. The van der Waals surface area contributed by atoms with E-state index in [0.717, 1.165) is 44.1 Å². The van der Waals surface area contributed by atoms with E-state index in [9.17, 15) is 9.59 Å². The lowest BCUT2D eigenvalue weighted by Crippen LogP contribution is -2.28. The van der Waals surface area contributed by atoms with Crippen LogP contribution in [0.3, 0.4) is 0 Å². The Kier molecular flexibility index (Phi) is 3.76. The number of hydrogen-bond acceptors (Lipinski definition) is 5. The third-order valence-electron chi connectivity index (χ3n) is 5.91. The van der Waals surface area contributed by atoms with E-state index >= 15 is 0 Å². The summed E-state index contributed by atoms with van der Waals surface area (Å²) in [4.78, 5) is 40.8. The summed E-state index contributed by atoms with van der Waals surface area (Å²) in [5.74, 6) is 0.219. The fourth-order valence-corrected chi connectivity index (χ4v) is 4.27. The molecule has 154 valence electrons. The Labute approximate surface area is 181 Å². The van der Waals surface area contributed by atoms with Crippen LogP contribution in [0.5, 0.6) is 0 Å². The summed E-state index contributed by atoms with van der Waals surface area (Å²) in [7, 11) is 0. The minimum atomic E-state index is -0.705. The van der Waals surface area contributed by atoms with Crippen LogP contribution in [0.25, 0.3) is 50.0 Å². The van der Waals surface area contributed by atoms with Gasteiger partial charge >= 0.3 is 5.69 Å². The third-order valence-corrected chi connectivity index (χ3v) is 5.91. The molecule has 3 aromatic carbocycles. The number of benzene rings is 3. The normalized spacial score (nSPS) is 11.7. The van der Waals surface area contributed by atoms with Crippen molar-refractivity contribution >= 4 is 32.8 Å². The number of nitrogens with zero attached hydrogens (tertiary/aromatic N) is 4. The monoisotopic (exact) mass is 419 g/mol. The van der Waals surface area contributed by atoms with Crippen molar-refractivity contribution in [3.63, 3.8) is 0 Å². The van der Waals surface area contributed by atoms with Gasteiger partial charge in [-0.1, -0.05) is 36.4 Å². The van der Waals surface area contributed by atoms with Crippen LogP contribution in [0, 0.1) is 13.8 Å². The highest BCUT2D eigenvalue weighted by molar-refractivity contribution is 6.05. The summed E-state index contributed by atoms with van der Waals surface area (Å²) in [6.45, 7) is 4.03. The maximum absolute atomic E-state index is 12.7. The summed E-state index contributed by atoms with van der Waals surface area (Å²) >= 11 is 0. The molecule has 1 N–H and O–H groups in total. The molecule has 1 aromatic heterocycles. The van der Waals surface area contributed by atoms with Gasteiger partial charge in [0, 0.05) is 10.8 Å². The molecule has 32 heavy (non-hydrogen) atoms. The van der Waals surface area contributed by atoms with Crippen molar-refractivity contribution in [2.24, 2.45) is 0 Å². The van der Waals surface area contributed by atoms with Gasteiger partial charge in [0.1, 0.15) is 0 Å². The molecule has 0 fully saturated rings. The van der Waals surface area contributed by atoms with Crippen LogP contribution in [0.4, 0.5) is 0 Å². The van der Waals surface area contributed by atoms with Gasteiger partial charge in [-0.2, -0.15) is 4.98 Å². The lowest BCUT2D eigenvalue weighted by molar-refractivity contribution is 0.942. The number of nitrogens with one attached hydrogen (secondary N) is 1. The smallest absolute Gasteiger partial charge is 0.289 e. The number of rotatable bonds is 1. The van der Waals surface area contributed by atoms with Gasteiger partial charge in [0.2, 0.25) is 0 Å². The Balaban J connectivity index is 1.96. The lowest BCUT2D eigenvalue weighted by atomic mass is 10.0. The standard InChI is InChI=1S/C25H17N5O2/c1-13-11-19-20(12-14(13)2)30(23-21(27-19)24(31)29-25(32)28-23)22-15-7-3-5-9-17(15)26-18-10-6-4-8-16(18)22/h3-12H,1-2H3,(H,29,31,32). The highest BCUT2D eigenvalue weighted by Gasteiger charge is 2.23. The minimum absolute atomic E-state index is 0.116. The second kappa shape index (κ2) is 6.55. The molecule has 4 aromatic rings. The number of fused-ring (bicyclic) bond motifs is 4. The number of para-hydroxylation sites is 2. The quantitative estimate of drug-likeness (QED) is 0.408. The summed E-state index contributed by atoms with van der Waals surface area (Å²) in [6, 6.07) is 19.6. The van der Waals surface area contributed by atoms with Crippen molar-refractivity contribution in [3.05, 3.63) is 92.6 Å². The number of H-pyrrole nitrogens is 1. The van der Waals surface area contributed by atoms with Crippen LogP contribution in [-0.4, -0.2) is 24.5 Å². The number of hydrogen-bond donors (Lipinski definition) is 1. The molecule has 0 spiro atoms. The molecule has 0 aliphatic carbocycles. The predicted molar refractivity (Wildman–Crippen MR) is 125 cm³/mol. The predicted octanol–water partition coefficient (Wildman–Crippen LogP) is 3.89. The first-order valence-electron chi connectivity index (χ1n) is 10.2. The molecule has 7 heteroatoms. The Bertz CT molecular complexity index is 1750. The molecule has 0 bridgehead atoms. The van der Waals surface area contributed by atoms with Crippen LogP contribution >= 0.6 is 0 Å². The third kappa shape index (κ3) is 2.58. The van der Waals surface area contributed by atoms with E-state index in [1.165, 1.54) is 0 Å². The summed E-state index contributed by atoms with van der Waals surface area (Å²) < 4.78 is 1.88. The van der Waals surface area contributed by atoms with Crippen LogP contribution in [-0.2, 0) is 0 Å². The maximum Gasteiger partial charge on any atom is 0.349 e. The second-order valence-electron chi connectivity index (χ2n) is 7.91. The van der Waals surface area contributed by atoms with Crippen molar-refractivity contribution < 1.29 is 0 Å². The van der Waals surface area contributed by atoms with Gasteiger partial charge in [0.25, 0.3) is 5.56 Å². The van der Waals surface area contributed by atoms with Crippen LogP contribution in [0.1, 0.15) is 11.1 Å². The molecule has 2 aliphatic rings. The van der Waals surface area contributed by atoms with Crippen molar-refractivity contribution in [2.45, 2.75) is 13.8 Å². The molecule has 0 radical (unpaired) electrons. The number of pyridine rings is 1. The zero-order chi connectivity index (χ0) is 22.0. The lowest BCUT2D eigenvalue weighted by Gasteiger charge is -2.20. The fourth-order valence-electron chi connectivity index (χ4n) is 4.27. The van der Waals surface area contributed by atoms with Gasteiger partial charge in [0.05, 0.1) is 27.8 Å². The fraction of sp³-hybridized carbons (Fsp3) is 0.0800. The van der Waals surface area contributed by atoms with Gasteiger partial charge in [-0.25, -0.2) is 14.8 Å². The Hall–Kier alpha value is -4.39. The molecule has 0 saturated heterocycles. The Morgan fingerprint density at radius 3 is 2.06 bits per heavy atom. The molecule has 7 nitrogen and oxygen atoms in total. The molecule has 0 atom stereocenters. The van der Waals surface area contributed by atoms with Gasteiger partial charge in [-0.15, -0.1) is 0 Å². The first-order valence-corrected chi connectivity index (χ1v) is 10.2. The van der Waals surface area contributed by atoms with Crippen LogP contribution < -0.4 is 11.2 Å². The molecule has 2 aliphatic heterocycles. The number of aryl methyl sites for hydroxylation is 2. The molecular weight excluding hydrogens is 402 g/mol. The van der Waals surface area contributed by atoms with Gasteiger partial charge in [0.15, 0.2) is 11.5 Å². The SMILES string of the molecule is Cc1cc2nc3c(=O)[nH]c(=O)nc-3n(-c3c4ccccc4nc4ccccc34)c2cc1C. The first-order chi connectivity index (χ1) is 15.5. The number of aromatic nitrogens is 5. The Morgan fingerprint density at radius 2 is 1.38 bits per heavy atom. The van der Waals surface area contributed by atoms with E-state index in [2.05, 4.69) is 15.0 Å². The molecular formula is C25H17N5O2. The van der Waals surface area contributed by atoms with Crippen LogP contribution in [0.15, 0.2) is 70.3 Å². The second-order valence-corrected chi connectivity index (χ2v) is 7.91. The minimum Gasteiger partial charge on any atom is -0.289 e. The van der Waals surface area contributed by atoms with E-state index in [0.29, 0.717) is 5.52 Å². The maximum atomic E-state index is 12.7. The average molecular weight is 419 g/mol. The largest absolute Gasteiger partial charge is 0.349 e. The van der Waals surface area contributed by atoms with E-state index in [1.807, 2.05) is 79.1 Å². The summed E-state index contributed by atoms with van der Waals surface area (Å²) in [5.41, 5.74) is 4.82. The molecule has 6 rings (SSSR count). The van der Waals surface area contributed by atoms with Gasteiger partial charge in [-0.05, 0) is 49.2 Å². The van der Waals surface area contributed by atoms with Crippen molar-refractivity contribution in [2.75, 3.05) is 0 Å². The van der Waals surface area contributed by atoms with Gasteiger partial charge in [-0.3, -0.25) is 14.3 Å². The molecule has 0 unspecified atom stereocenters. The number of aromatic amines is 1. The summed E-state index contributed by atoms with van der Waals surface area (Å²) in [6.07, 6.45) is 0. The molecule has 0 amide bonds. The van der Waals surface area contributed by atoms with E-state index in [1.54, 1.807) is 0 Å². The zero-order valence-electron chi connectivity index (χ0n) is 17.4. The Morgan fingerprint density at radius 1 is 0.750 bits per heavy atom. The van der Waals surface area contributed by atoms with Crippen LogP contribution in [0.2, 0.25) is 0 Å². The van der Waals surface area contributed by atoms with E-state index < -0.39 is 11.2 Å². The molecule has 3 heterocycles. The topological polar surface area (TPSA) is 93.5 Å². The van der Waals surface area contributed by atoms with Crippen molar-refractivity contribution in [3.8, 4) is 17.2 Å². The van der Waals surface area contributed by atoms with Crippen molar-refractivity contribution in [1.82, 2.24) is 24.5 Å². The highest BCUT2D eigenvalue weighted by atomic mass is 16.2. The average Bonchev–Trinajstić information content (AvgIpc) is 2.78. The summed E-state index contributed by atoms with van der Waals surface area (Å²) in [5, 5.41) is 1.77.